The largest absolute Gasteiger partial charge is 0.496 e. The van der Waals surface area contributed by atoms with Crippen LogP contribution in [-0.4, -0.2) is 18.0 Å². The van der Waals surface area contributed by atoms with E-state index in [0.29, 0.717) is 31.9 Å². The lowest BCUT2D eigenvalue weighted by Crippen LogP contribution is -2.12. The van der Waals surface area contributed by atoms with Gasteiger partial charge in [-0.2, -0.15) is 0 Å². The lowest BCUT2D eigenvalue weighted by Gasteiger charge is -2.12. The molecule has 0 aliphatic carbocycles. The number of carbonyl (C=O) groups excluding carboxylic acids is 1. The maximum Gasteiger partial charge on any atom is 0.267 e. The first kappa shape index (κ1) is 23.9. The van der Waals surface area contributed by atoms with Crippen LogP contribution in [0.3, 0.4) is 0 Å². The van der Waals surface area contributed by atoms with Crippen molar-refractivity contribution >= 4 is 50.4 Å². The van der Waals surface area contributed by atoms with Gasteiger partial charge in [-0.3, -0.25) is 4.79 Å². The highest BCUT2D eigenvalue weighted by Gasteiger charge is 2.23. The summed E-state index contributed by atoms with van der Waals surface area (Å²) in [5.41, 5.74) is 13.3. The highest BCUT2D eigenvalue weighted by molar-refractivity contribution is 7.21. The summed E-state index contributed by atoms with van der Waals surface area (Å²) in [5, 5.41) is 4.23. The van der Waals surface area contributed by atoms with E-state index in [-0.39, 0.29) is 5.91 Å². The number of aromatic nitrogens is 1. The van der Waals surface area contributed by atoms with Gasteiger partial charge in [0.15, 0.2) is 0 Å². The third kappa shape index (κ3) is 4.41. The molecular weight excluding hydrogens is 490 g/mol. The number of benzene rings is 3. The van der Waals surface area contributed by atoms with Crippen molar-refractivity contribution < 1.29 is 9.53 Å². The highest BCUT2D eigenvalue weighted by atomic mass is 35.5. The van der Waals surface area contributed by atoms with Crippen LogP contribution in [0.5, 0.6) is 5.75 Å². The van der Waals surface area contributed by atoms with Crippen LogP contribution in [0.4, 0.5) is 11.4 Å². The number of nitrogens with zero attached hydrogens (tertiary/aromatic N) is 1. The van der Waals surface area contributed by atoms with E-state index < -0.39 is 0 Å². The van der Waals surface area contributed by atoms with Crippen LogP contribution in [0.2, 0.25) is 5.02 Å². The molecule has 5 nitrogen and oxygen atoms in total. The molecule has 0 aliphatic heterocycles. The number of thiophene rings is 1. The number of amides is 1. The first-order valence-electron chi connectivity index (χ1n) is 11.4. The molecule has 1 amide bonds. The zero-order valence-corrected chi connectivity index (χ0v) is 21.6. The fraction of sp³-hybridized carbons (Fsp3) is 0.103. The smallest absolute Gasteiger partial charge is 0.267 e. The quantitative estimate of drug-likeness (QED) is 0.252. The molecule has 0 bridgehead atoms. The Bertz CT molecular complexity index is 1610. The number of pyridine rings is 1. The normalized spacial score (nSPS) is 11.0. The van der Waals surface area contributed by atoms with E-state index in [2.05, 4.69) is 17.4 Å². The third-order valence-electron chi connectivity index (χ3n) is 6.10. The van der Waals surface area contributed by atoms with Gasteiger partial charge >= 0.3 is 0 Å². The summed E-state index contributed by atoms with van der Waals surface area (Å²) in [6, 6.07) is 23.4. The van der Waals surface area contributed by atoms with Crippen LogP contribution in [0, 0.1) is 13.8 Å². The van der Waals surface area contributed by atoms with Gasteiger partial charge < -0.3 is 15.8 Å². The third-order valence-corrected chi connectivity index (χ3v) is 7.43. The molecule has 2 aromatic heterocycles. The zero-order chi connectivity index (χ0) is 25.4. The number of hydrogen-bond acceptors (Lipinski definition) is 5. The van der Waals surface area contributed by atoms with E-state index >= 15 is 0 Å². The van der Waals surface area contributed by atoms with Crippen molar-refractivity contribution in [2.75, 3.05) is 18.2 Å². The predicted molar refractivity (Wildman–Crippen MR) is 150 cm³/mol. The Morgan fingerprint density at radius 2 is 1.75 bits per heavy atom. The second-order valence-electron chi connectivity index (χ2n) is 8.56. The lowest BCUT2D eigenvalue weighted by molar-refractivity contribution is 0.103. The molecule has 5 rings (SSSR count). The zero-order valence-electron chi connectivity index (χ0n) is 20.1. The highest BCUT2D eigenvalue weighted by Crippen LogP contribution is 2.44. The van der Waals surface area contributed by atoms with Gasteiger partial charge in [-0.15, -0.1) is 11.3 Å². The number of halogens is 1. The molecule has 2 heterocycles. The lowest BCUT2D eigenvalue weighted by atomic mass is 9.98. The minimum absolute atomic E-state index is 0.302. The van der Waals surface area contributed by atoms with Crippen molar-refractivity contribution in [1.29, 1.82) is 0 Å². The molecule has 0 unspecified atom stereocenters. The van der Waals surface area contributed by atoms with Crippen molar-refractivity contribution in [2.45, 2.75) is 13.8 Å². The number of ether oxygens (including phenoxy) is 1. The Labute approximate surface area is 218 Å². The second-order valence-corrected chi connectivity index (χ2v) is 10.00. The number of fused-ring (bicyclic) bond motifs is 1. The molecule has 0 radical (unpaired) electrons. The summed E-state index contributed by atoms with van der Waals surface area (Å²) in [4.78, 5) is 19.3. The van der Waals surface area contributed by atoms with Gasteiger partial charge in [-0.25, -0.2) is 4.98 Å². The molecule has 3 aromatic carbocycles. The number of para-hydroxylation sites is 1. The van der Waals surface area contributed by atoms with Crippen LogP contribution in [0.25, 0.3) is 32.6 Å². The second kappa shape index (κ2) is 9.64. The van der Waals surface area contributed by atoms with Crippen LogP contribution >= 0.6 is 22.9 Å². The molecule has 0 saturated heterocycles. The van der Waals surface area contributed by atoms with Crippen molar-refractivity contribution in [3.05, 3.63) is 93.8 Å². The first-order valence-corrected chi connectivity index (χ1v) is 12.6. The van der Waals surface area contributed by atoms with E-state index in [1.54, 1.807) is 19.2 Å². The van der Waals surface area contributed by atoms with E-state index in [1.807, 2.05) is 62.4 Å². The minimum atomic E-state index is -0.302. The number of aryl methyl sites for hydroxylation is 2. The molecule has 0 fully saturated rings. The number of carbonyl (C=O) groups is 1. The average molecular weight is 514 g/mol. The van der Waals surface area contributed by atoms with Crippen molar-refractivity contribution in [3.63, 3.8) is 0 Å². The molecule has 0 saturated carbocycles. The molecule has 0 atom stereocenters. The summed E-state index contributed by atoms with van der Waals surface area (Å²) in [6.45, 7) is 3.96. The van der Waals surface area contributed by atoms with E-state index in [0.717, 1.165) is 33.3 Å². The SMILES string of the molecule is COc1ccccc1-c1cc(-c2ccc(C)cc2)nc2sc(C(=O)Nc3cc(Cl)ccc3C)c(N)c12. The van der Waals surface area contributed by atoms with E-state index in [1.165, 1.54) is 16.9 Å². The van der Waals surface area contributed by atoms with E-state index in [4.69, 9.17) is 27.1 Å². The Morgan fingerprint density at radius 1 is 1.00 bits per heavy atom. The average Bonchev–Trinajstić information content (AvgIpc) is 3.22. The first-order chi connectivity index (χ1) is 17.4. The van der Waals surface area contributed by atoms with E-state index in [9.17, 15) is 4.79 Å². The van der Waals surface area contributed by atoms with Gasteiger partial charge in [0.2, 0.25) is 0 Å². The summed E-state index contributed by atoms with van der Waals surface area (Å²) in [5.74, 6) is 0.412. The summed E-state index contributed by atoms with van der Waals surface area (Å²) < 4.78 is 5.66. The van der Waals surface area contributed by atoms with Crippen LogP contribution in [0.1, 0.15) is 20.8 Å². The minimum Gasteiger partial charge on any atom is -0.496 e. The Balaban J connectivity index is 1.70. The fourth-order valence-corrected chi connectivity index (χ4v) is 5.34. The molecule has 0 spiro atoms. The van der Waals surface area contributed by atoms with Gasteiger partial charge in [0.1, 0.15) is 15.5 Å². The van der Waals surface area contributed by atoms with Gasteiger partial charge in [0.25, 0.3) is 5.91 Å². The molecule has 180 valence electrons. The van der Waals surface area contributed by atoms with Gasteiger partial charge in [-0.1, -0.05) is 65.7 Å². The molecule has 7 heteroatoms. The van der Waals surface area contributed by atoms with Gasteiger partial charge in [0, 0.05) is 27.2 Å². The Morgan fingerprint density at radius 3 is 2.50 bits per heavy atom. The molecule has 3 N–H and O–H groups in total. The fourth-order valence-electron chi connectivity index (χ4n) is 4.15. The number of nitrogens with two attached hydrogens (primary N) is 1. The molecule has 0 aliphatic rings. The van der Waals surface area contributed by atoms with Crippen LogP contribution in [-0.2, 0) is 0 Å². The van der Waals surface area contributed by atoms with Gasteiger partial charge in [-0.05, 0) is 49.2 Å². The monoisotopic (exact) mass is 513 g/mol. The van der Waals surface area contributed by atoms with Crippen molar-refractivity contribution in [2.24, 2.45) is 0 Å². The molecule has 36 heavy (non-hydrogen) atoms. The number of methoxy groups -OCH3 is 1. The van der Waals surface area contributed by atoms with Crippen molar-refractivity contribution in [3.8, 4) is 28.1 Å². The van der Waals surface area contributed by atoms with Crippen LogP contribution < -0.4 is 15.8 Å². The predicted octanol–water partition coefficient (Wildman–Crippen LogP) is 7.74. The maximum absolute atomic E-state index is 13.4. The summed E-state index contributed by atoms with van der Waals surface area (Å²) in [7, 11) is 1.64. The van der Waals surface area contributed by atoms with Gasteiger partial charge in [0.05, 0.1) is 18.5 Å². The number of hydrogen-bond donors (Lipinski definition) is 2. The number of rotatable bonds is 5. The standard InChI is InChI=1S/C29H24ClN3O2S/c1-16-8-11-18(12-9-16)23-15-21(20-6-4-5-7-24(20)35-3)25-26(31)27(36-29(25)33-23)28(34)32-22-14-19(30)13-10-17(22)2/h4-15H,31H2,1-3H3,(H,32,34). The molecule has 5 aromatic rings. The molecular formula is C29H24ClN3O2S. The Hall–Kier alpha value is -3.87. The summed E-state index contributed by atoms with van der Waals surface area (Å²) >= 11 is 7.42. The number of anilines is 2. The number of nitrogen functional groups attached to an aromatic ring is 1. The maximum atomic E-state index is 13.4. The van der Waals surface area contributed by atoms with Crippen molar-refractivity contribution in [1.82, 2.24) is 4.98 Å². The Kier molecular flexibility index (Phi) is 6.39. The topological polar surface area (TPSA) is 77.2 Å². The number of nitrogens with one attached hydrogen (secondary N) is 1. The van der Waals surface area contributed by atoms with Crippen LogP contribution in [0.15, 0.2) is 72.8 Å². The summed E-state index contributed by atoms with van der Waals surface area (Å²) in [6.07, 6.45) is 0.